The maximum atomic E-state index is 11.4. The number of nitrogens with one attached hydrogen (secondary N) is 1. The van der Waals surface area contributed by atoms with E-state index in [1.165, 1.54) is 24.8 Å². The molecular formula is C11H13NO3S. The van der Waals surface area contributed by atoms with Crippen LogP contribution in [0.25, 0.3) is 0 Å². The first kappa shape index (κ1) is 12.7. The second kappa shape index (κ2) is 4.65. The number of carbonyl (C=O) groups is 3. The number of carbonyl (C=O) groups excluding carboxylic acids is 3. The topological polar surface area (TPSA) is 63.2 Å². The molecule has 0 aliphatic carbocycles. The van der Waals surface area contributed by atoms with Gasteiger partial charge in [-0.25, -0.2) is 0 Å². The van der Waals surface area contributed by atoms with Crippen LogP contribution in [-0.4, -0.2) is 23.9 Å². The summed E-state index contributed by atoms with van der Waals surface area (Å²) in [6.07, 6.45) is 2.72. The fraction of sp³-hybridized carbons (Fsp3) is 0.364. The summed E-state index contributed by atoms with van der Waals surface area (Å²) in [4.78, 5) is 33.6. The molecule has 0 aromatic carbocycles. The molecule has 0 saturated heterocycles. The van der Waals surface area contributed by atoms with Crippen molar-refractivity contribution < 1.29 is 14.4 Å². The van der Waals surface area contributed by atoms with E-state index in [1.807, 2.05) is 0 Å². The number of thioether (sulfide) groups is 1. The minimum absolute atomic E-state index is 0.106. The Labute approximate surface area is 98.2 Å². The SMILES string of the molecule is C=CC1(C=O)C(C)=C(C(C)=O)SC1NC=O. The Morgan fingerprint density at radius 1 is 1.56 bits per heavy atom. The van der Waals surface area contributed by atoms with Crippen LogP contribution in [0, 0.1) is 5.41 Å². The number of Topliss-reactive ketones (excluding diaryl/α,β-unsaturated/α-hetero) is 1. The average molecular weight is 239 g/mol. The third-order valence-corrected chi connectivity index (χ3v) is 4.32. The van der Waals surface area contributed by atoms with Gasteiger partial charge in [-0.3, -0.25) is 9.59 Å². The Kier molecular flexibility index (Phi) is 3.70. The molecule has 1 rings (SSSR count). The molecule has 2 atom stereocenters. The standard InChI is InChI=1S/C11H13NO3S/c1-4-11(5-13)7(2)9(8(3)15)16-10(11)12-6-14/h4-6,10H,1H2,2-3H3,(H,12,14). The predicted octanol–water partition coefficient (Wildman–Crippen LogP) is 1.04. The Morgan fingerprint density at radius 2 is 2.19 bits per heavy atom. The monoisotopic (exact) mass is 239 g/mol. The number of amides is 1. The molecule has 0 aromatic heterocycles. The van der Waals surface area contributed by atoms with Crippen molar-refractivity contribution in [2.75, 3.05) is 0 Å². The predicted molar refractivity (Wildman–Crippen MR) is 62.7 cm³/mol. The summed E-state index contributed by atoms with van der Waals surface area (Å²) in [5.74, 6) is -0.106. The molecule has 1 amide bonds. The quantitative estimate of drug-likeness (QED) is 0.575. The fourth-order valence-corrected chi connectivity index (χ4v) is 3.14. The van der Waals surface area contributed by atoms with Gasteiger partial charge >= 0.3 is 0 Å². The lowest BCUT2D eigenvalue weighted by Gasteiger charge is -2.26. The molecule has 1 aliphatic heterocycles. The number of rotatable bonds is 5. The first-order valence-electron chi connectivity index (χ1n) is 4.72. The van der Waals surface area contributed by atoms with Crippen molar-refractivity contribution in [3.63, 3.8) is 0 Å². The fourth-order valence-electron chi connectivity index (χ4n) is 1.74. The van der Waals surface area contributed by atoms with E-state index in [0.29, 0.717) is 16.9 Å². The lowest BCUT2D eigenvalue weighted by molar-refractivity contribution is -0.114. The largest absolute Gasteiger partial charge is 0.345 e. The van der Waals surface area contributed by atoms with Gasteiger partial charge in [0.2, 0.25) is 6.41 Å². The van der Waals surface area contributed by atoms with Crippen molar-refractivity contribution in [3.8, 4) is 0 Å². The van der Waals surface area contributed by atoms with Crippen molar-refractivity contribution in [2.45, 2.75) is 19.2 Å². The van der Waals surface area contributed by atoms with Crippen LogP contribution in [0.4, 0.5) is 0 Å². The van der Waals surface area contributed by atoms with E-state index < -0.39 is 10.8 Å². The molecule has 0 saturated carbocycles. The van der Waals surface area contributed by atoms with Crippen molar-refractivity contribution >= 4 is 30.2 Å². The van der Waals surface area contributed by atoms with Crippen LogP contribution in [0.15, 0.2) is 23.1 Å². The van der Waals surface area contributed by atoms with E-state index in [2.05, 4.69) is 11.9 Å². The number of ketones is 1. The van der Waals surface area contributed by atoms with Gasteiger partial charge in [-0.05, 0) is 19.4 Å². The summed E-state index contributed by atoms with van der Waals surface area (Å²) in [7, 11) is 0. The molecule has 0 radical (unpaired) electrons. The minimum Gasteiger partial charge on any atom is -0.345 e. The van der Waals surface area contributed by atoms with Crippen LogP contribution < -0.4 is 5.32 Å². The molecule has 0 fully saturated rings. The normalized spacial score (nSPS) is 28.8. The van der Waals surface area contributed by atoms with Gasteiger partial charge in [0.1, 0.15) is 6.29 Å². The smallest absolute Gasteiger partial charge is 0.208 e. The maximum Gasteiger partial charge on any atom is 0.208 e. The van der Waals surface area contributed by atoms with Gasteiger partial charge in [-0.15, -0.1) is 6.58 Å². The Balaban J connectivity index is 3.25. The van der Waals surface area contributed by atoms with Crippen LogP contribution in [0.2, 0.25) is 0 Å². The zero-order chi connectivity index (χ0) is 12.3. The van der Waals surface area contributed by atoms with Gasteiger partial charge in [-0.2, -0.15) is 0 Å². The molecule has 1 heterocycles. The van der Waals surface area contributed by atoms with Crippen LogP contribution in [0.1, 0.15) is 13.8 Å². The van der Waals surface area contributed by atoms with E-state index in [9.17, 15) is 14.4 Å². The average Bonchev–Trinajstić information content (AvgIpc) is 2.53. The summed E-state index contributed by atoms with van der Waals surface area (Å²) >= 11 is 1.19. The van der Waals surface area contributed by atoms with Gasteiger partial charge in [0.25, 0.3) is 0 Å². The lowest BCUT2D eigenvalue weighted by Crippen LogP contribution is -2.40. The molecule has 16 heavy (non-hydrogen) atoms. The van der Waals surface area contributed by atoms with Crippen molar-refractivity contribution in [3.05, 3.63) is 23.1 Å². The second-order valence-electron chi connectivity index (χ2n) is 3.55. The zero-order valence-corrected chi connectivity index (χ0v) is 9.97. The molecule has 0 spiro atoms. The summed E-state index contributed by atoms with van der Waals surface area (Å²) in [5.41, 5.74) is -0.332. The summed E-state index contributed by atoms with van der Waals surface area (Å²) in [5, 5.41) is 2.05. The summed E-state index contributed by atoms with van der Waals surface area (Å²) < 4.78 is 0. The third kappa shape index (κ3) is 1.71. The van der Waals surface area contributed by atoms with E-state index in [4.69, 9.17) is 0 Å². The van der Waals surface area contributed by atoms with E-state index in [0.717, 1.165) is 6.29 Å². The van der Waals surface area contributed by atoms with Crippen LogP contribution >= 0.6 is 11.8 Å². The molecule has 1 aliphatic rings. The number of hydrogen-bond acceptors (Lipinski definition) is 4. The van der Waals surface area contributed by atoms with E-state index >= 15 is 0 Å². The summed E-state index contributed by atoms with van der Waals surface area (Å²) in [6.45, 7) is 6.77. The van der Waals surface area contributed by atoms with Crippen LogP contribution in [-0.2, 0) is 14.4 Å². The van der Waals surface area contributed by atoms with Crippen LogP contribution in [0.3, 0.4) is 0 Å². The first-order valence-corrected chi connectivity index (χ1v) is 5.60. The minimum atomic E-state index is -0.980. The summed E-state index contributed by atoms with van der Waals surface area (Å²) in [6, 6.07) is 0. The third-order valence-electron chi connectivity index (χ3n) is 2.73. The zero-order valence-electron chi connectivity index (χ0n) is 9.15. The van der Waals surface area contributed by atoms with Gasteiger partial charge in [0.05, 0.1) is 15.7 Å². The maximum absolute atomic E-state index is 11.4. The number of aldehydes is 1. The lowest BCUT2D eigenvalue weighted by atomic mass is 9.81. The van der Waals surface area contributed by atoms with E-state index in [1.54, 1.807) is 6.92 Å². The first-order chi connectivity index (χ1) is 7.53. The molecule has 86 valence electrons. The molecule has 4 nitrogen and oxygen atoms in total. The Hall–Kier alpha value is -1.36. The molecule has 5 heteroatoms. The highest BCUT2D eigenvalue weighted by atomic mass is 32.2. The van der Waals surface area contributed by atoms with Crippen molar-refractivity contribution in [2.24, 2.45) is 5.41 Å². The van der Waals surface area contributed by atoms with Gasteiger partial charge in [0.15, 0.2) is 5.78 Å². The molecule has 0 aromatic rings. The van der Waals surface area contributed by atoms with Crippen molar-refractivity contribution in [1.29, 1.82) is 0 Å². The van der Waals surface area contributed by atoms with E-state index in [-0.39, 0.29) is 5.78 Å². The number of hydrogen-bond donors (Lipinski definition) is 1. The Morgan fingerprint density at radius 3 is 2.56 bits per heavy atom. The van der Waals surface area contributed by atoms with Crippen LogP contribution in [0.5, 0.6) is 0 Å². The Bertz CT molecular complexity index is 379. The molecule has 1 N–H and O–H groups in total. The highest BCUT2D eigenvalue weighted by Crippen LogP contribution is 2.49. The van der Waals surface area contributed by atoms with Gasteiger partial charge < -0.3 is 10.1 Å². The second-order valence-corrected chi connectivity index (χ2v) is 4.66. The highest BCUT2D eigenvalue weighted by molar-refractivity contribution is 8.05. The number of allylic oxidation sites excluding steroid dienone is 1. The molecule has 2 unspecified atom stereocenters. The molecular weight excluding hydrogens is 226 g/mol. The van der Waals surface area contributed by atoms with Crippen molar-refractivity contribution in [1.82, 2.24) is 5.32 Å². The highest BCUT2D eigenvalue weighted by Gasteiger charge is 2.46. The molecule has 0 bridgehead atoms. The van der Waals surface area contributed by atoms with Gasteiger partial charge in [-0.1, -0.05) is 17.8 Å². The van der Waals surface area contributed by atoms with Gasteiger partial charge in [0, 0.05) is 0 Å².